The third kappa shape index (κ3) is 3.22. The fraction of sp³-hybridized carbons (Fsp3) is 0.538. The van der Waals surface area contributed by atoms with Gasteiger partial charge in [-0.2, -0.15) is 0 Å². The number of rotatable bonds is 5. The molecule has 0 spiro atoms. The molecule has 1 aliphatic rings. The Morgan fingerprint density at radius 1 is 1.50 bits per heavy atom. The van der Waals surface area contributed by atoms with E-state index in [4.69, 9.17) is 4.74 Å². The zero-order valence-corrected chi connectivity index (χ0v) is 11.0. The molecule has 1 atom stereocenters. The molecule has 1 N–H and O–H groups in total. The van der Waals surface area contributed by atoms with Crippen LogP contribution in [-0.4, -0.2) is 11.7 Å². The number of hydrogen-bond donors (Lipinski definition) is 1. The first-order valence-corrected chi connectivity index (χ1v) is 6.56. The van der Waals surface area contributed by atoms with E-state index in [0.29, 0.717) is 0 Å². The summed E-state index contributed by atoms with van der Waals surface area (Å²) < 4.78 is 6.69. The van der Waals surface area contributed by atoms with E-state index in [0.717, 1.165) is 34.7 Å². The van der Waals surface area contributed by atoms with Crippen LogP contribution >= 0.6 is 15.9 Å². The Balaban J connectivity index is 1.99. The number of halogens is 1. The lowest BCUT2D eigenvalue weighted by molar-refractivity contribution is 0.190. The number of aliphatic hydroxyl groups excluding tert-OH is 1. The van der Waals surface area contributed by atoms with Crippen LogP contribution in [0.5, 0.6) is 5.75 Å². The second-order valence-electron chi connectivity index (χ2n) is 4.44. The molecule has 0 aliphatic heterocycles. The van der Waals surface area contributed by atoms with E-state index in [1.165, 1.54) is 12.8 Å². The molecule has 1 aliphatic carbocycles. The Morgan fingerprint density at radius 2 is 2.25 bits per heavy atom. The van der Waals surface area contributed by atoms with E-state index >= 15 is 0 Å². The van der Waals surface area contributed by atoms with E-state index in [1.807, 2.05) is 18.2 Å². The maximum Gasteiger partial charge on any atom is 0.125 e. The standard InChI is InChI=1S/C13H17BrO2/c1-9(15)12-8-11(14)4-5-13(12)16-7-6-10-2-3-10/h4-5,8-10,15H,2-3,6-7H2,1H3/t9-/m1/s1. The first-order chi connectivity index (χ1) is 7.66. The summed E-state index contributed by atoms with van der Waals surface area (Å²) in [6, 6.07) is 5.77. The van der Waals surface area contributed by atoms with Crippen molar-refractivity contribution < 1.29 is 9.84 Å². The molecule has 16 heavy (non-hydrogen) atoms. The van der Waals surface area contributed by atoms with Gasteiger partial charge in [0.05, 0.1) is 12.7 Å². The van der Waals surface area contributed by atoms with E-state index in [9.17, 15) is 5.11 Å². The van der Waals surface area contributed by atoms with Crippen LogP contribution in [0.2, 0.25) is 0 Å². The Hall–Kier alpha value is -0.540. The van der Waals surface area contributed by atoms with Gasteiger partial charge in [0.15, 0.2) is 0 Å². The molecule has 0 heterocycles. The highest BCUT2D eigenvalue weighted by atomic mass is 79.9. The minimum absolute atomic E-state index is 0.492. The zero-order valence-electron chi connectivity index (χ0n) is 9.45. The molecular formula is C13H17BrO2. The van der Waals surface area contributed by atoms with E-state index in [2.05, 4.69) is 15.9 Å². The van der Waals surface area contributed by atoms with Crippen LogP contribution in [0.4, 0.5) is 0 Å². The Labute approximate surface area is 105 Å². The maximum atomic E-state index is 9.65. The Bertz CT molecular complexity index is 359. The number of hydrogen-bond acceptors (Lipinski definition) is 2. The molecule has 1 aromatic rings. The molecule has 1 fully saturated rings. The van der Waals surface area contributed by atoms with Gasteiger partial charge in [-0.25, -0.2) is 0 Å². The summed E-state index contributed by atoms with van der Waals surface area (Å²) in [5.74, 6) is 1.68. The first-order valence-electron chi connectivity index (χ1n) is 5.77. The average Bonchev–Trinajstić information content (AvgIpc) is 3.04. The monoisotopic (exact) mass is 284 g/mol. The summed E-state index contributed by atoms with van der Waals surface area (Å²) >= 11 is 3.40. The van der Waals surface area contributed by atoms with Crippen LogP contribution in [0, 0.1) is 5.92 Å². The smallest absolute Gasteiger partial charge is 0.125 e. The normalized spacial score (nSPS) is 17.2. The summed E-state index contributed by atoms with van der Waals surface area (Å²) in [7, 11) is 0. The third-order valence-corrected chi connectivity index (χ3v) is 3.40. The first kappa shape index (κ1) is 11.9. The molecule has 2 nitrogen and oxygen atoms in total. The second kappa shape index (κ2) is 5.19. The van der Waals surface area contributed by atoms with E-state index in [1.54, 1.807) is 6.92 Å². The van der Waals surface area contributed by atoms with Crippen molar-refractivity contribution in [3.05, 3.63) is 28.2 Å². The minimum atomic E-state index is -0.492. The molecule has 0 bridgehead atoms. The van der Waals surface area contributed by atoms with E-state index in [-0.39, 0.29) is 0 Å². The van der Waals surface area contributed by atoms with Crippen molar-refractivity contribution in [1.29, 1.82) is 0 Å². The Morgan fingerprint density at radius 3 is 2.88 bits per heavy atom. The van der Waals surface area contributed by atoms with E-state index < -0.39 is 6.10 Å². The summed E-state index contributed by atoms with van der Waals surface area (Å²) in [6.07, 6.45) is 3.35. The van der Waals surface area contributed by atoms with Crippen molar-refractivity contribution in [2.24, 2.45) is 5.92 Å². The molecule has 2 rings (SSSR count). The van der Waals surface area contributed by atoms with Crippen molar-refractivity contribution in [3.63, 3.8) is 0 Å². The van der Waals surface area contributed by atoms with Gasteiger partial charge in [0.25, 0.3) is 0 Å². The Kier molecular flexibility index (Phi) is 3.87. The SMILES string of the molecule is C[C@@H](O)c1cc(Br)ccc1OCCC1CC1. The molecule has 0 unspecified atom stereocenters. The summed E-state index contributed by atoms with van der Waals surface area (Å²) in [4.78, 5) is 0. The molecule has 0 saturated heterocycles. The fourth-order valence-corrected chi connectivity index (χ4v) is 2.10. The molecule has 0 radical (unpaired) electrons. The topological polar surface area (TPSA) is 29.5 Å². The van der Waals surface area contributed by atoms with Crippen LogP contribution < -0.4 is 4.74 Å². The lowest BCUT2D eigenvalue weighted by Gasteiger charge is -2.13. The van der Waals surface area contributed by atoms with Crippen LogP contribution in [0.25, 0.3) is 0 Å². The predicted octanol–water partition coefficient (Wildman–Crippen LogP) is 3.68. The molecule has 0 amide bonds. The molecule has 1 aromatic carbocycles. The number of ether oxygens (including phenoxy) is 1. The van der Waals surface area contributed by atoms with Crippen molar-refractivity contribution in [3.8, 4) is 5.75 Å². The molecule has 3 heteroatoms. The maximum absolute atomic E-state index is 9.65. The number of aliphatic hydroxyl groups is 1. The minimum Gasteiger partial charge on any atom is -0.493 e. The largest absolute Gasteiger partial charge is 0.493 e. The summed E-state index contributed by atoms with van der Waals surface area (Å²) in [5.41, 5.74) is 0.852. The molecular weight excluding hydrogens is 268 g/mol. The van der Waals surface area contributed by atoms with Gasteiger partial charge in [0, 0.05) is 10.0 Å². The molecule has 0 aromatic heterocycles. The molecule has 88 valence electrons. The van der Waals surface area contributed by atoms with Crippen LogP contribution in [0.15, 0.2) is 22.7 Å². The van der Waals surface area contributed by atoms with Gasteiger partial charge in [-0.1, -0.05) is 28.8 Å². The van der Waals surface area contributed by atoms with Crippen molar-refractivity contribution >= 4 is 15.9 Å². The number of benzene rings is 1. The van der Waals surface area contributed by atoms with Gasteiger partial charge < -0.3 is 9.84 Å². The highest BCUT2D eigenvalue weighted by molar-refractivity contribution is 9.10. The van der Waals surface area contributed by atoms with Gasteiger partial charge in [-0.05, 0) is 37.5 Å². The highest BCUT2D eigenvalue weighted by Gasteiger charge is 2.21. The highest BCUT2D eigenvalue weighted by Crippen LogP contribution is 2.33. The van der Waals surface area contributed by atoms with Gasteiger partial charge in [-0.3, -0.25) is 0 Å². The molecule has 1 saturated carbocycles. The second-order valence-corrected chi connectivity index (χ2v) is 5.35. The average molecular weight is 285 g/mol. The van der Waals surface area contributed by atoms with Crippen molar-refractivity contribution in [1.82, 2.24) is 0 Å². The van der Waals surface area contributed by atoms with Gasteiger partial charge in [-0.15, -0.1) is 0 Å². The van der Waals surface area contributed by atoms with Gasteiger partial charge >= 0.3 is 0 Å². The lowest BCUT2D eigenvalue weighted by atomic mass is 10.1. The van der Waals surface area contributed by atoms with Crippen LogP contribution in [0.3, 0.4) is 0 Å². The van der Waals surface area contributed by atoms with Gasteiger partial charge in [0.1, 0.15) is 5.75 Å². The van der Waals surface area contributed by atoms with Crippen LogP contribution in [0.1, 0.15) is 37.9 Å². The lowest BCUT2D eigenvalue weighted by Crippen LogP contribution is -2.02. The van der Waals surface area contributed by atoms with Gasteiger partial charge in [0.2, 0.25) is 0 Å². The van der Waals surface area contributed by atoms with Crippen molar-refractivity contribution in [2.45, 2.75) is 32.3 Å². The fourth-order valence-electron chi connectivity index (χ4n) is 1.72. The quantitative estimate of drug-likeness (QED) is 0.894. The van der Waals surface area contributed by atoms with Crippen molar-refractivity contribution in [2.75, 3.05) is 6.61 Å². The summed E-state index contributed by atoms with van der Waals surface area (Å²) in [6.45, 7) is 2.52. The zero-order chi connectivity index (χ0) is 11.5. The summed E-state index contributed by atoms with van der Waals surface area (Å²) in [5, 5.41) is 9.65. The third-order valence-electron chi connectivity index (χ3n) is 2.90. The van der Waals surface area contributed by atoms with Crippen LogP contribution in [-0.2, 0) is 0 Å². The predicted molar refractivity (Wildman–Crippen MR) is 67.6 cm³/mol.